The van der Waals surface area contributed by atoms with E-state index in [0.717, 1.165) is 6.08 Å². The van der Waals surface area contributed by atoms with Crippen molar-refractivity contribution < 1.29 is 14.7 Å². The second-order valence-electron chi connectivity index (χ2n) is 3.63. The van der Waals surface area contributed by atoms with Crippen molar-refractivity contribution in [1.82, 2.24) is 0 Å². The van der Waals surface area contributed by atoms with E-state index in [4.69, 9.17) is 28.3 Å². The molecule has 1 aliphatic heterocycles. The van der Waals surface area contributed by atoms with Gasteiger partial charge in [-0.1, -0.05) is 29.3 Å². The first kappa shape index (κ1) is 12.8. The van der Waals surface area contributed by atoms with Crippen molar-refractivity contribution in [1.29, 1.82) is 0 Å². The number of allylic oxidation sites excluding steroid dienone is 1. The molecule has 0 aliphatic carbocycles. The highest BCUT2D eigenvalue weighted by Gasteiger charge is 2.32. The Kier molecular flexibility index (Phi) is 3.50. The number of nitrogens with zero attached hydrogens (tertiary/aromatic N) is 1. The number of carbonyl (C=O) groups is 2. The van der Waals surface area contributed by atoms with Gasteiger partial charge in [-0.25, -0.2) is 0 Å². The molecule has 1 N–H and O–H groups in total. The highest BCUT2D eigenvalue weighted by atomic mass is 35.5. The predicted molar refractivity (Wildman–Crippen MR) is 68.3 cm³/mol. The van der Waals surface area contributed by atoms with E-state index in [1.165, 1.54) is 18.3 Å². The lowest BCUT2D eigenvalue weighted by atomic mass is 9.91. The first-order chi connectivity index (χ1) is 8.50. The van der Waals surface area contributed by atoms with Crippen LogP contribution in [0.1, 0.15) is 5.56 Å². The molecule has 6 heteroatoms. The smallest absolute Gasteiger partial charge is 0.320 e. The van der Waals surface area contributed by atoms with Gasteiger partial charge in [0.25, 0.3) is 0 Å². The van der Waals surface area contributed by atoms with Crippen molar-refractivity contribution >= 4 is 40.7 Å². The van der Waals surface area contributed by atoms with E-state index in [2.05, 4.69) is 4.99 Å². The average Bonchev–Trinajstić information content (AvgIpc) is 2.32. The Morgan fingerprint density at radius 2 is 2.00 bits per heavy atom. The molecule has 0 radical (unpaired) electrons. The van der Waals surface area contributed by atoms with Gasteiger partial charge in [0.05, 0.1) is 15.8 Å². The fourth-order valence-electron chi connectivity index (χ4n) is 1.63. The van der Waals surface area contributed by atoms with Gasteiger partial charge in [-0.05, 0) is 17.7 Å². The van der Waals surface area contributed by atoms with Crippen molar-refractivity contribution in [3.63, 3.8) is 0 Å². The number of carboxylic acids is 1. The summed E-state index contributed by atoms with van der Waals surface area (Å²) in [5.41, 5.74) is 0.628. The molecular weight excluding hydrogens is 277 g/mol. The van der Waals surface area contributed by atoms with Crippen LogP contribution < -0.4 is 0 Å². The molecule has 18 heavy (non-hydrogen) atoms. The molecule has 0 saturated heterocycles. The van der Waals surface area contributed by atoms with Crippen LogP contribution in [0.2, 0.25) is 10.0 Å². The van der Waals surface area contributed by atoms with Gasteiger partial charge >= 0.3 is 5.97 Å². The van der Waals surface area contributed by atoms with Crippen molar-refractivity contribution in [3.05, 3.63) is 46.1 Å². The molecule has 92 valence electrons. The Hall–Kier alpha value is -1.65. The van der Waals surface area contributed by atoms with Gasteiger partial charge in [0.2, 0.25) is 0 Å². The van der Waals surface area contributed by atoms with Gasteiger partial charge in [-0.2, -0.15) is 0 Å². The summed E-state index contributed by atoms with van der Waals surface area (Å²) in [6, 6.07) is 4.60. The summed E-state index contributed by atoms with van der Waals surface area (Å²) in [5.74, 6) is -3.06. The highest BCUT2D eigenvalue weighted by molar-refractivity contribution is 6.42. The summed E-state index contributed by atoms with van der Waals surface area (Å²) in [6.07, 6.45) is 2.42. The Bertz CT molecular complexity index is 593. The summed E-state index contributed by atoms with van der Waals surface area (Å²) in [5, 5.41) is 9.70. The topological polar surface area (TPSA) is 66.7 Å². The number of carbonyl (C=O) groups excluding carboxylic acids is 1. The van der Waals surface area contributed by atoms with E-state index in [-0.39, 0.29) is 10.7 Å². The number of hydrogen-bond donors (Lipinski definition) is 1. The number of rotatable bonds is 2. The van der Waals surface area contributed by atoms with Crippen LogP contribution in [-0.4, -0.2) is 22.6 Å². The SMILES string of the molecule is O=C(O)C1C(=O)C=CN=C1c1ccc(Cl)c(Cl)c1. The first-order valence-electron chi connectivity index (χ1n) is 4.97. The molecule has 1 aromatic carbocycles. The minimum atomic E-state index is -1.30. The number of benzene rings is 1. The van der Waals surface area contributed by atoms with E-state index in [1.807, 2.05) is 0 Å². The molecule has 0 spiro atoms. The molecule has 0 fully saturated rings. The van der Waals surface area contributed by atoms with Crippen LogP contribution in [0.3, 0.4) is 0 Å². The Morgan fingerprint density at radius 1 is 1.28 bits per heavy atom. The molecule has 0 saturated carbocycles. The second kappa shape index (κ2) is 4.92. The van der Waals surface area contributed by atoms with Crippen LogP contribution >= 0.6 is 23.2 Å². The summed E-state index contributed by atoms with van der Waals surface area (Å²) in [7, 11) is 0. The third-order valence-electron chi connectivity index (χ3n) is 2.47. The van der Waals surface area contributed by atoms with Gasteiger partial charge in [-0.15, -0.1) is 0 Å². The number of hydrogen-bond acceptors (Lipinski definition) is 3. The monoisotopic (exact) mass is 283 g/mol. The van der Waals surface area contributed by atoms with Crippen LogP contribution in [0, 0.1) is 5.92 Å². The molecule has 1 atom stereocenters. The van der Waals surface area contributed by atoms with Crippen LogP contribution in [0.4, 0.5) is 0 Å². The number of aliphatic carboxylic acids is 1. The first-order valence-corrected chi connectivity index (χ1v) is 5.72. The van der Waals surface area contributed by atoms with E-state index >= 15 is 0 Å². The predicted octanol–water partition coefficient (Wildman–Crippen LogP) is 2.58. The summed E-state index contributed by atoms with van der Waals surface area (Å²) in [6.45, 7) is 0. The van der Waals surface area contributed by atoms with E-state index in [0.29, 0.717) is 10.6 Å². The molecular formula is C12H7Cl2NO3. The Morgan fingerprint density at radius 3 is 2.61 bits per heavy atom. The lowest BCUT2D eigenvalue weighted by Crippen LogP contribution is -2.33. The van der Waals surface area contributed by atoms with Crippen LogP contribution in [-0.2, 0) is 9.59 Å². The summed E-state index contributed by atoms with van der Waals surface area (Å²) >= 11 is 11.6. The fraction of sp³-hybridized carbons (Fsp3) is 0.0833. The fourth-order valence-corrected chi connectivity index (χ4v) is 1.93. The van der Waals surface area contributed by atoms with Crippen LogP contribution in [0.25, 0.3) is 0 Å². The van der Waals surface area contributed by atoms with Crippen molar-refractivity contribution in [3.8, 4) is 0 Å². The molecule has 1 aromatic rings. The maximum absolute atomic E-state index is 11.6. The van der Waals surface area contributed by atoms with Crippen LogP contribution in [0.15, 0.2) is 35.5 Å². The number of carboxylic acid groups (broad SMARTS) is 1. The molecule has 1 heterocycles. The third-order valence-corrected chi connectivity index (χ3v) is 3.21. The minimum absolute atomic E-state index is 0.161. The lowest BCUT2D eigenvalue weighted by molar-refractivity contribution is -0.142. The number of halogens is 2. The maximum atomic E-state index is 11.6. The van der Waals surface area contributed by atoms with Gasteiger partial charge in [0.15, 0.2) is 11.7 Å². The largest absolute Gasteiger partial charge is 0.480 e. The van der Waals surface area contributed by atoms with Crippen molar-refractivity contribution in [2.45, 2.75) is 0 Å². The minimum Gasteiger partial charge on any atom is -0.480 e. The normalized spacial score (nSPS) is 18.7. The standard InChI is InChI=1S/C12H7Cl2NO3/c13-7-2-1-6(5-8(7)14)11-10(12(17)18)9(16)3-4-15-11/h1-5,10H,(H,17,18). The average molecular weight is 284 g/mol. The lowest BCUT2D eigenvalue weighted by Gasteiger charge is -2.15. The summed E-state index contributed by atoms with van der Waals surface area (Å²) < 4.78 is 0. The molecule has 0 bridgehead atoms. The maximum Gasteiger partial charge on any atom is 0.320 e. The quantitative estimate of drug-likeness (QED) is 0.849. The molecule has 0 aromatic heterocycles. The zero-order valence-electron chi connectivity index (χ0n) is 8.93. The number of ketones is 1. The Labute approximate surface area is 113 Å². The van der Waals surface area contributed by atoms with E-state index in [9.17, 15) is 9.59 Å². The van der Waals surface area contributed by atoms with Gasteiger partial charge in [0, 0.05) is 12.3 Å². The van der Waals surface area contributed by atoms with Crippen molar-refractivity contribution in [2.24, 2.45) is 10.9 Å². The zero-order valence-corrected chi connectivity index (χ0v) is 10.4. The van der Waals surface area contributed by atoms with E-state index < -0.39 is 17.7 Å². The molecule has 2 rings (SSSR count). The molecule has 1 aliphatic rings. The Balaban J connectivity index is 2.50. The van der Waals surface area contributed by atoms with Gasteiger partial charge in [-0.3, -0.25) is 14.6 Å². The van der Waals surface area contributed by atoms with Crippen molar-refractivity contribution in [2.75, 3.05) is 0 Å². The highest BCUT2D eigenvalue weighted by Crippen LogP contribution is 2.25. The molecule has 1 unspecified atom stereocenters. The summed E-state index contributed by atoms with van der Waals surface area (Å²) in [4.78, 5) is 26.6. The van der Waals surface area contributed by atoms with Gasteiger partial charge in [0.1, 0.15) is 0 Å². The molecule has 0 amide bonds. The van der Waals surface area contributed by atoms with Gasteiger partial charge < -0.3 is 5.11 Å². The third kappa shape index (κ3) is 2.30. The molecule has 4 nitrogen and oxygen atoms in total. The number of aliphatic imine (C=N–C) groups is 1. The van der Waals surface area contributed by atoms with Crippen LogP contribution in [0.5, 0.6) is 0 Å². The second-order valence-corrected chi connectivity index (χ2v) is 4.45. The van der Waals surface area contributed by atoms with E-state index in [1.54, 1.807) is 6.07 Å². The zero-order chi connectivity index (χ0) is 13.3.